The van der Waals surface area contributed by atoms with E-state index >= 15 is 0 Å². The van der Waals surface area contributed by atoms with Crippen molar-refractivity contribution in [3.8, 4) is 0 Å². The number of hydrogen-bond donors (Lipinski definition) is 1. The van der Waals surface area contributed by atoms with Crippen LogP contribution in [-0.2, 0) is 6.42 Å². The maximum Gasteiger partial charge on any atom is 0.0379 e. The third-order valence-corrected chi connectivity index (χ3v) is 4.20. The SMILES string of the molecule is Cc1cccc2c1C(Cc1ccc(Br)cc1)CN2. The molecule has 1 heterocycles. The summed E-state index contributed by atoms with van der Waals surface area (Å²) in [4.78, 5) is 0. The molecule has 18 heavy (non-hydrogen) atoms. The molecule has 0 saturated carbocycles. The van der Waals surface area contributed by atoms with Gasteiger partial charge in [-0.1, -0.05) is 40.2 Å². The van der Waals surface area contributed by atoms with Crippen molar-refractivity contribution in [3.63, 3.8) is 0 Å². The zero-order valence-electron chi connectivity index (χ0n) is 10.4. The molecule has 0 aliphatic carbocycles. The van der Waals surface area contributed by atoms with E-state index in [1.807, 2.05) is 0 Å². The monoisotopic (exact) mass is 301 g/mol. The number of fused-ring (bicyclic) bond motifs is 1. The molecule has 0 fully saturated rings. The Labute approximate surface area is 116 Å². The average molecular weight is 302 g/mol. The van der Waals surface area contributed by atoms with E-state index in [2.05, 4.69) is 70.6 Å². The summed E-state index contributed by atoms with van der Waals surface area (Å²) in [6.07, 6.45) is 1.11. The first-order chi connectivity index (χ1) is 8.74. The van der Waals surface area contributed by atoms with E-state index in [9.17, 15) is 0 Å². The standard InChI is InChI=1S/C16H16BrN/c1-11-3-2-4-15-16(11)13(10-18-15)9-12-5-7-14(17)8-6-12/h2-8,13,18H,9-10H2,1H3. The molecule has 0 radical (unpaired) electrons. The summed E-state index contributed by atoms with van der Waals surface area (Å²) in [5.41, 5.74) is 5.62. The summed E-state index contributed by atoms with van der Waals surface area (Å²) in [6.45, 7) is 3.26. The Morgan fingerprint density at radius 3 is 2.72 bits per heavy atom. The fourth-order valence-electron chi connectivity index (χ4n) is 2.79. The molecule has 1 nitrogen and oxygen atoms in total. The van der Waals surface area contributed by atoms with Crippen molar-refractivity contribution in [1.82, 2.24) is 0 Å². The molecule has 2 aromatic rings. The van der Waals surface area contributed by atoms with Crippen LogP contribution in [-0.4, -0.2) is 6.54 Å². The van der Waals surface area contributed by atoms with Gasteiger partial charge in [0, 0.05) is 22.6 Å². The minimum atomic E-state index is 0.599. The third-order valence-electron chi connectivity index (χ3n) is 3.67. The van der Waals surface area contributed by atoms with Gasteiger partial charge in [-0.15, -0.1) is 0 Å². The number of rotatable bonds is 2. The number of nitrogens with one attached hydrogen (secondary N) is 1. The molecule has 3 rings (SSSR count). The molecule has 1 aliphatic rings. The normalized spacial score (nSPS) is 17.3. The molecule has 2 heteroatoms. The molecule has 0 saturated heterocycles. The molecular weight excluding hydrogens is 286 g/mol. The fraction of sp³-hybridized carbons (Fsp3) is 0.250. The van der Waals surface area contributed by atoms with Crippen molar-refractivity contribution in [1.29, 1.82) is 0 Å². The van der Waals surface area contributed by atoms with Crippen LogP contribution in [0.1, 0.15) is 22.6 Å². The van der Waals surface area contributed by atoms with Crippen LogP contribution in [0.4, 0.5) is 5.69 Å². The number of anilines is 1. The summed E-state index contributed by atoms with van der Waals surface area (Å²) in [6, 6.07) is 15.2. The zero-order chi connectivity index (χ0) is 12.5. The van der Waals surface area contributed by atoms with Gasteiger partial charge in [0.1, 0.15) is 0 Å². The van der Waals surface area contributed by atoms with E-state index in [0.717, 1.165) is 17.4 Å². The van der Waals surface area contributed by atoms with E-state index in [4.69, 9.17) is 0 Å². The van der Waals surface area contributed by atoms with Gasteiger partial charge in [-0.3, -0.25) is 0 Å². The van der Waals surface area contributed by atoms with Gasteiger partial charge in [0.25, 0.3) is 0 Å². The van der Waals surface area contributed by atoms with Crippen LogP contribution in [0.5, 0.6) is 0 Å². The Balaban J connectivity index is 1.86. The largest absolute Gasteiger partial charge is 0.384 e. The van der Waals surface area contributed by atoms with E-state index in [-0.39, 0.29) is 0 Å². The molecule has 1 atom stereocenters. The predicted molar refractivity (Wildman–Crippen MR) is 80.3 cm³/mol. The topological polar surface area (TPSA) is 12.0 Å². The minimum Gasteiger partial charge on any atom is -0.384 e. The first-order valence-electron chi connectivity index (χ1n) is 6.32. The van der Waals surface area contributed by atoms with Crippen molar-refractivity contribution in [3.05, 3.63) is 63.6 Å². The molecule has 0 aromatic heterocycles. The van der Waals surface area contributed by atoms with Gasteiger partial charge in [0.2, 0.25) is 0 Å². The summed E-state index contributed by atoms with van der Waals surface area (Å²) < 4.78 is 1.15. The van der Waals surface area contributed by atoms with Crippen LogP contribution in [0.25, 0.3) is 0 Å². The molecule has 0 spiro atoms. The fourth-order valence-corrected chi connectivity index (χ4v) is 3.06. The maximum absolute atomic E-state index is 3.51. The van der Waals surface area contributed by atoms with E-state index in [1.165, 1.54) is 22.4 Å². The first kappa shape index (κ1) is 11.8. The summed E-state index contributed by atoms with van der Waals surface area (Å²) in [5.74, 6) is 0.599. The van der Waals surface area contributed by atoms with Crippen molar-refractivity contribution < 1.29 is 0 Å². The molecule has 1 unspecified atom stereocenters. The minimum absolute atomic E-state index is 0.599. The Morgan fingerprint density at radius 2 is 1.94 bits per heavy atom. The van der Waals surface area contributed by atoms with Crippen LogP contribution >= 0.6 is 15.9 Å². The Kier molecular flexibility index (Phi) is 3.13. The second kappa shape index (κ2) is 4.77. The maximum atomic E-state index is 3.51. The highest BCUT2D eigenvalue weighted by atomic mass is 79.9. The summed E-state index contributed by atoms with van der Waals surface area (Å²) in [7, 11) is 0. The Hall–Kier alpha value is -1.28. The van der Waals surface area contributed by atoms with Gasteiger partial charge < -0.3 is 5.32 Å². The van der Waals surface area contributed by atoms with Crippen molar-refractivity contribution in [2.45, 2.75) is 19.3 Å². The first-order valence-corrected chi connectivity index (χ1v) is 7.11. The third kappa shape index (κ3) is 2.17. The van der Waals surface area contributed by atoms with Gasteiger partial charge in [0.05, 0.1) is 0 Å². The lowest BCUT2D eigenvalue weighted by molar-refractivity contribution is 0.747. The van der Waals surface area contributed by atoms with Gasteiger partial charge in [-0.2, -0.15) is 0 Å². The number of benzene rings is 2. The van der Waals surface area contributed by atoms with Crippen LogP contribution in [0, 0.1) is 6.92 Å². The molecular formula is C16H16BrN. The van der Waals surface area contributed by atoms with E-state index in [1.54, 1.807) is 0 Å². The van der Waals surface area contributed by atoms with Crippen molar-refractivity contribution in [2.75, 3.05) is 11.9 Å². The van der Waals surface area contributed by atoms with Gasteiger partial charge >= 0.3 is 0 Å². The summed E-state index contributed by atoms with van der Waals surface area (Å²) >= 11 is 3.48. The second-order valence-electron chi connectivity index (χ2n) is 4.94. The molecule has 92 valence electrons. The predicted octanol–water partition coefficient (Wildman–Crippen LogP) is 4.51. The Bertz CT molecular complexity index is 560. The average Bonchev–Trinajstić information content (AvgIpc) is 2.77. The van der Waals surface area contributed by atoms with Crippen LogP contribution in [0.3, 0.4) is 0 Å². The molecule has 1 aliphatic heterocycles. The van der Waals surface area contributed by atoms with E-state index < -0.39 is 0 Å². The molecule has 0 amide bonds. The summed E-state index contributed by atoms with van der Waals surface area (Å²) in [5, 5.41) is 3.51. The quantitative estimate of drug-likeness (QED) is 0.860. The van der Waals surface area contributed by atoms with Gasteiger partial charge in [-0.25, -0.2) is 0 Å². The highest BCUT2D eigenvalue weighted by Gasteiger charge is 2.23. The molecule has 0 bridgehead atoms. The lowest BCUT2D eigenvalue weighted by Gasteiger charge is -2.12. The lowest BCUT2D eigenvalue weighted by atomic mass is 9.91. The number of aryl methyl sites for hydroxylation is 1. The van der Waals surface area contributed by atoms with Crippen LogP contribution in [0.2, 0.25) is 0 Å². The number of halogens is 1. The van der Waals surface area contributed by atoms with E-state index in [0.29, 0.717) is 5.92 Å². The number of hydrogen-bond acceptors (Lipinski definition) is 1. The van der Waals surface area contributed by atoms with Crippen LogP contribution < -0.4 is 5.32 Å². The second-order valence-corrected chi connectivity index (χ2v) is 5.86. The molecule has 2 aromatic carbocycles. The van der Waals surface area contributed by atoms with Crippen molar-refractivity contribution >= 4 is 21.6 Å². The van der Waals surface area contributed by atoms with Crippen molar-refractivity contribution in [2.24, 2.45) is 0 Å². The van der Waals surface area contributed by atoms with Gasteiger partial charge in [-0.05, 0) is 48.2 Å². The highest BCUT2D eigenvalue weighted by molar-refractivity contribution is 9.10. The zero-order valence-corrected chi connectivity index (χ0v) is 12.0. The Morgan fingerprint density at radius 1 is 1.17 bits per heavy atom. The highest BCUT2D eigenvalue weighted by Crippen LogP contribution is 2.36. The smallest absolute Gasteiger partial charge is 0.0379 e. The van der Waals surface area contributed by atoms with Crippen LogP contribution in [0.15, 0.2) is 46.9 Å². The van der Waals surface area contributed by atoms with Gasteiger partial charge in [0.15, 0.2) is 0 Å². The lowest BCUT2D eigenvalue weighted by Crippen LogP contribution is -2.06. The molecule has 1 N–H and O–H groups in total.